The topological polar surface area (TPSA) is 67.9 Å². The van der Waals surface area contributed by atoms with Crippen molar-refractivity contribution in [1.29, 1.82) is 0 Å². The van der Waals surface area contributed by atoms with E-state index in [-0.39, 0.29) is 23.3 Å². The zero-order chi connectivity index (χ0) is 21.6. The smallest absolute Gasteiger partial charge is 0.243 e. The number of hydrogen-bond acceptors (Lipinski definition) is 4. The third-order valence-corrected chi connectivity index (χ3v) is 8.22. The fourth-order valence-corrected chi connectivity index (χ4v) is 7.26. The highest BCUT2D eigenvalue weighted by molar-refractivity contribution is 5.91. The van der Waals surface area contributed by atoms with Gasteiger partial charge in [-0.1, -0.05) is 6.07 Å². The lowest BCUT2D eigenvalue weighted by Crippen LogP contribution is -2.57. The van der Waals surface area contributed by atoms with Gasteiger partial charge in [-0.05, 0) is 86.8 Å². The van der Waals surface area contributed by atoms with Crippen molar-refractivity contribution in [1.82, 2.24) is 10.2 Å². The summed E-state index contributed by atoms with van der Waals surface area (Å²) < 4.78 is 10.6. The molecule has 4 bridgehead atoms. The molecule has 1 aromatic rings. The molecule has 5 fully saturated rings. The number of benzene rings is 1. The highest BCUT2D eigenvalue weighted by Gasteiger charge is 2.56. The molecule has 4 saturated carbocycles. The van der Waals surface area contributed by atoms with Gasteiger partial charge in [0.15, 0.2) is 11.5 Å². The van der Waals surface area contributed by atoms with Gasteiger partial charge < -0.3 is 19.7 Å². The van der Waals surface area contributed by atoms with E-state index >= 15 is 0 Å². The van der Waals surface area contributed by atoms with E-state index in [1.54, 1.807) is 14.2 Å². The predicted octanol–water partition coefficient (Wildman–Crippen LogP) is 3.53. The number of carbonyl (C=O) groups excluding carboxylic acids is 2. The van der Waals surface area contributed by atoms with Crippen LogP contribution in [0, 0.1) is 23.2 Å². The molecule has 4 aliphatic carbocycles. The number of likely N-dealkylation sites (tertiary alicyclic amines) is 1. The van der Waals surface area contributed by atoms with Gasteiger partial charge in [0.1, 0.15) is 6.04 Å². The monoisotopic (exact) mass is 426 g/mol. The molecular weight excluding hydrogens is 392 g/mol. The Balaban J connectivity index is 1.25. The third kappa shape index (κ3) is 3.68. The molecule has 1 aliphatic heterocycles. The molecule has 0 unspecified atom stereocenters. The number of carbonyl (C=O) groups is 2. The Morgan fingerprint density at radius 1 is 1.03 bits per heavy atom. The third-order valence-electron chi connectivity index (χ3n) is 8.22. The van der Waals surface area contributed by atoms with Crippen molar-refractivity contribution >= 4 is 11.8 Å². The van der Waals surface area contributed by atoms with Crippen molar-refractivity contribution in [2.45, 2.75) is 64.0 Å². The van der Waals surface area contributed by atoms with Crippen LogP contribution < -0.4 is 14.8 Å². The van der Waals surface area contributed by atoms with Gasteiger partial charge in [0.05, 0.1) is 19.6 Å². The molecule has 168 valence electrons. The minimum Gasteiger partial charge on any atom is -0.493 e. The van der Waals surface area contributed by atoms with Crippen molar-refractivity contribution in [3.8, 4) is 11.5 Å². The molecule has 6 rings (SSSR count). The maximum atomic E-state index is 13.8. The Hall–Kier alpha value is -2.24. The quantitative estimate of drug-likeness (QED) is 0.756. The largest absolute Gasteiger partial charge is 0.493 e. The molecule has 2 amide bonds. The molecule has 1 heterocycles. The van der Waals surface area contributed by atoms with Crippen LogP contribution in [0.5, 0.6) is 11.5 Å². The van der Waals surface area contributed by atoms with Crippen LogP contribution in [0.1, 0.15) is 56.9 Å². The number of ether oxygens (including phenoxy) is 2. The number of amides is 2. The van der Waals surface area contributed by atoms with E-state index in [0.29, 0.717) is 18.0 Å². The molecule has 0 aromatic heterocycles. The van der Waals surface area contributed by atoms with Gasteiger partial charge in [-0.15, -0.1) is 0 Å². The normalized spacial score (nSPS) is 33.4. The van der Waals surface area contributed by atoms with Gasteiger partial charge in [0.2, 0.25) is 11.8 Å². The zero-order valence-electron chi connectivity index (χ0n) is 18.7. The minimum atomic E-state index is -0.333. The molecule has 0 spiro atoms. The predicted molar refractivity (Wildman–Crippen MR) is 117 cm³/mol. The minimum absolute atomic E-state index is 0.0367. The van der Waals surface area contributed by atoms with Crippen LogP contribution >= 0.6 is 0 Å². The van der Waals surface area contributed by atoms with Crippen molar-refractivity contribution in [2.24, 2.45) is 23.2 Å². The second-order valence-corrected chi connectivity index (χ2v) is 10.3. The van der Waals surface area contributed by atoms with E-state index in [0.717, 1.165) is 62.0 Å². The van der Waals surface area contributed by atoms with Crippen molar-refractivity contribution in [2.75, 3.05) is 20.8 Å². The highest BCUT2D eigenvalue weighted by Crippen LogP contribution is 2.60. The first kappa shape index (κ1) is 20.7. The molecule has 1 saturated heterocycles. The van der Waals surface area contributed by atoms with E-state index in [2.05, 4.69) is 5.32 Å². The summed E-state index contributed by atoms with van der Waals surface area (Å²) in [7, 11) is 3.21. The maximum Gasteiger partial charge on any atom is 0.243 e. The molecule has 31 heavy (non-hydrogen) atoms. The molecule has 6 heteroatoms. The molecule has 6 nitrogen and oxygen atoms in total. The summed E-state index contributed by atoms with van der Waals surface area (Å²) in [4.78, 5) is 28.8. The summed E-state index contributed by atoms with van der Waals surface area (Å²) in [5.74, 6) is 3.75. The van der Waals surface area contributed by atoms with E-state index in [4.69, 9.17) is 9.47 Å². The zero-order valence-corrected chi connectivity index (χ0v) is 18.7. The Bertz CT molecular complexity index is 832. The maximum absolute atomic E-state index is 13.8. The number of nitrogens with zero attached hydrogens (tertiary/aromatic N) is 1. The van der Waals surface area contributed by atoms with Gasteiger partial charge in [0.25, 0.3) is 0 Å². The average molecular weight is 427 g/mol. The number of nitrogens with one attached hydrogen (secondary N) is 1. The number of hydrogen-bond donors (Lipinski definition) is 1. The van der Waals surface area contributed by atoms with Crippen LogP contribution in [0.4, 0.5) is 0 Å². The summed E-state index contributed by atoms with van der Waals surface area (Å²) in [6.45, 7) is 1.13. The Kier molecular flexibility index (Phi) is 5.35. The van der Waals surface area contributed by atoms with Gasteiger partial charge in [-0.3, -0.25) is 9.59 Å². The van der Waals surface area contributed by atoms with E-state index in [1.807, 2.05) is 23.1 Å². The van der Waals surface area contributed by atoms with Crippen LogP contribution in [0.2, 0.25) is 0 Å². The Morgan fingerprint density at radius 2 is 1.68 bits per heavy atom. The fraction of sp³-hybridized carbons (Fsp3) is 0.680. The van der Waals surface area contributed by atoms with Crippen LogP contribution in [0.15, 0.2) is 18.2 Å². The lowest BCUT2D eigenvalue weighted by molar-refractivity contribution is -0.160. The van der Waals surface area contributed by atoms with Gasteiger partial charge in [-0.25, -0.2) is 0 Å². The second kappa shape index (κ2) is 8.03. The van der Waals surface area contributed by atoms with Crippen LogP contribution in [-0.4, -0.2) is 43.5 Å². The molecule has 5 aliphatic rings. The molecule has 1 atom stereocenters. The molecular formula is C25H34N2O4. The number of rotatable bonds is 6. The lowest BCUT2D eigenvalue weighted by Gasteiger charge is -2.56. The molecule has 1 aromatic carbocycles. The fourth-order valence-electron chi connectivity index (χ4n) is 7.26. The van der Waals surface area contributed by atoms with Crippen molar-refractivity contribution < 1.29 is 19.1 Å². The first-order chi connectivity index (χ1) is 15.0. The van der Waals surface area contributed by atoms with Crippen LogP contribution in [0.3, 0.4) is 0 Å². The Morgan fingerprint density at radius 3 is 2.29 bits per heavy atom. The van der Waals surface area contributed by atoms with Crippen molar-refractivity contribution in [3.05, 3.63) is 23.8 Å². The summed E-state index contributed by atoms with van der Waals surface area (Å²) >= 11 is 0. The first-order valence-electron chi connectivity index (χ1n) is 11.8. The molecule has 1 N–H and O–H groups in total. The van der Waals surface area contributed by atoms with Crippen LogP contribution in [0.25, 0.3) is 0 Å². The second-order valence-electron chi connectivity index (χ2n) is 10.3. The average Bonchev–Trinajstić information content (AvgIpc) is 3.25. The number of methoxy groups -OCH3 is 2. The van der Waals surface area contributed by atoms with Crippen LogP contribution in [-0.2, 0) is 16.1 Å². The summed E-state index contributed by atoms with van der Waals surface area (Å²) in [6, 6.07) is 5.32. The summed E-state index contributed by atoms with van der Waals surface area (Å²) in [5, 5.41) is 3.06. The van der Waals surface area contributed by atoms with Crippen molar-refractivity contribution in [3.63, 3.8) is 0 Å². The molecule has 0 radical (unpaired) electrons. The van der Waals surface area contributed by atoms with Gasteiger partial charge in [-0.2, -0.15) is 0 Å². The summed E-state index contributed by atoms with van der Waals surface area (Å²) in [5.41, 5.74) is 0.768. The van der Waals surface area contributed by atoms with E-state index in [9.17, 15) is 9.59 Å². The van der Waals surface area contributed by atoms with E-state index < -0.39 is 0 Å². The summed E-state index contributed by atoms with van der Waals surface area (Å²) in [6.07, 6.45) is 8.78. The van der Waals surface area contributed by atoms with Gasteiger partial charge in [0, 0.05) is 13.1 Å². The van der Waals surface area contributed by atoms with E-state index in [1.165, 1.54) is 19.3 Å². The Labute approximate surface area is 184 Å². The highest BCUT2D eigenvalue weighted by atomic mass is 16.5. The standard InChI is InChI=1S/C25H34N2O4/c1-30-21-6-5-16(11-22(21)31-2)15-26-23(28)20-4-3-7-27(20)24(29)25-12-17-8-18(13-25)10-19(9-17)14-25/h5-6,11,17-20H,3-4,7-10,12-15H2,1-2H3,(H,26,28)/t17?,18?,19?,20-,25?/m0/s1. The SMILES string of the molecule is COc1ccc(CNC(=O)[C@@H]2CCCN2C(=O)C23CC4CC(CC(C4)C2)C3)cc1OC. The lowest BCUT2D eigenvalue weighted by atomic mass is 9.49. The first-order valence-corrected chi connectivity index (χ1v) is 11.8. The van der Waals surface area contributed by atoms with Gasteiger partial charge >= 0.3 is 0 Å².